The van der Waals surface area contributed by atoms with Gasteiger partial charge < -0.3 is 16.4 Å². The van der Waals surface area contributed by atoms with Crippen LogP contribution < -0.4 is 16.4 Å². The van der Waals surface area contributed by atoms with Crippen LogP contribution in [0.25, 0.3) is 0 Å². The molecule has 1 aromatic carbocycles. The summed E-state index contributed by atoms with van der Waals surface area (Å²) in [6, 6.07) is 3.24. The average molecular weight is 240 g/mol. The zero-order chi connectivity index (χ0) is 12.3. The topological polar surface area (TPSA) is 73.9 Å². The molecule has 0 amide bonds. The zero-order valence-electron chi connectivity index (χ0n) is 9.02. The highest BCUT2D eigenvalue weighted by atomic mass is 32.1. The van der Waals surface area contributed by atoms with Gasteiger partial charge in [-0.25, -0.2) is 4.39 Å². The first-order valence-corrected chi connectivity index (χ1v) is 4.99. The Morgan fingerprint density at radius 3 is 2.56 bits per heavy atom. The second-order valence-electron chi connectivity index (χ2n) is 3.43. The van der Waals surface area contributed by atoms with Gasteiger partial charge in [0.2, 0.25) is 0 Å². The molecule has 0 radical (unpaired) electrons. The first kappa shape index (κ1) is 12.4. The Kier molecular flexibility index (Phi) is 3.78. The van der Waals surface area contributed by atoms with Crippen LogP contribution in [-0.2, 0) is 0 Å². The molecule has 1 aromatic rings. The fraction of sp³-hybridized carbons (Fsp3) is 0.200. The van der Waals surface area contributed by atoms with Crippen LogP contribution in [0.3, 0.4) is 0 Å². The number of thiocarbonyl (C=S) groups is 1. The summed E-state index contributed by atoms with van der Waals surface area (Å²) >= 11 is 4.85. The molecular weight excluding hydrogens is 227 g/mol. The van der Waals surface area contributed by atoms with Crippen molar-refractivity contribution in [3.8, 4) is 0 Å². The van der Waals surface area contributed by atoms with E-state index in [1.54, 1.807) is 6.92 Å². The van der Waals surface area contributed by atoms with Gasteiger partial charge in [0.15, 0.2) is 11.1 Å². The minimum atomic E-state index is -0.384. The van der Waals surface area contributed by atoms with E-state index in [-0.39, 0.29) is 16.9 Å². The first-order chi connectivity index (χ1) is 7.40. The van der Waals surface area contributed by atoms with Gasteiger partial charge in [0.1, 0.15) is 5.82 Å². The van der Waals surface area contributed by atoms with Crippen LogP contribution in [0, 0.1) is 25.1 Å². The fourth-order valence-corrected chi connectivity index (χ4v) is 1.55. The summed E-state index contributed by atoms with van der Waals surface area (Å²) in [5.74, 6) is -0.673. The maximum atomic E-state index is 13.6. The van der Waals surface area contributed by atoms with E-state index in [2.05, 4.69) is 10.6 Å². The van der Waals surface area contributed by atoms with Crippen molar-refractivity contribution in [2.75, 3.05) is 5.32 Å². The van der Waals surface area contributed by atoms with Gasteiger partial charge in [-0.3, -0.25) is 5.41 Å². The van der Waals surface area contributed by atoms with Gasteiger partial charge in [-0.2, -0.15) is 0 Å². The van der Waals surface area contributed by atoms with E-state index in [1.807, 2.05) is 13.0 Å². The lowest BCUT2D eigenvalue weighted by molar-refractivity contribution is 0.630. The molecule has 16 heavy (non-hydrogen) atoms. The Morgan fingerprint density at radius 1 is 1.44 bits per heavy atom. The number of anilines is 1. The number of guanidine groups is 1. The Bertz CT molecular complexity index is 421. The molecule has 0 saturated heterocycles. The molecule has 0 saturated carbocycles. The van der Waals surface area contributed by atoms with Crippen LogP contribution in [0.1, 0.15) is 11.1 Å². The summed E-state index contributed by atoms with van der Waals surface area (Å²) in [5, 5.41) is 12.1. The van der Waals surface area contributed by atoms with Crippen LogP contribution in [0.5, 0.6) is 0 Å². The highest BCUT2D eigenvalue weighted by Crippen LogP contribution is 2.20. The molecule has 0 aliphatic rings. The molecule has 1 rings (SSSR count). The number of benzene rings is 1. The van der Waals surface area contributed by atoms with Crippen molar-refractivity contribution in [2.45, 2.75) is 13.8 Å². The lowest BCUT2D eigenvalue weighted by atomic mass is 10.1. The Balaban J connectivity index is 2.89. The molecule has 0 aliphatic heterocycles. The highest BCUT2D eigenvalue weighted by Gasteiger charge is 2.08. The standard InChI is InChI=1S/C10H13FN4S/c1-5-3-6(2)8(7(11)4-5)14-10(16)15-9(12)13/h3-4H,1-2H3,(H5,12,13,14,15,16). The van der Waals surface area contributed by atoms with E-state index in [4.69, 9.17) is 23.4 Å². The van der Waals surface area contributed by atoms with Crippen molar-refractivity contribution < 1.29 is 4.39 Å². The lowest BCUT2D eigenvalue weighted by Gasteiger charge is -2.12. The van der Waals surface area contributed by atoms with Crippen molar-refractivity contribution in [3.05, 3.63) is 29.1 Å². The number of rotatable bonds is 1. The molecule has 0 aromatic heterocycles. The molecule has 4 nitrogen and oxygen atoms in total. The lowest BCUT2D eigenvalue weighted by Crippen LogP contribution is -2.38. The van der Waals surface area contributed by atoms with Crippen LogP contribution in [0.4, 0.5) is 10.1 Å². The van der Waals surface area contributed by atoms with E-state index >= 15 is 0 Å². The molecule has 0 fully saturated rings. The quantitative estimate of drug-likeness (QED) is 0.342. The summed E-state index contributed by atoms with van der Waals surface area (Å²) < 4.78 is 13.6. The zero-order valence-corrected chi connectivity index (χ0v) is 9.83. The Labute approximate surface area is 98.5 Å². The molecule has 0 spiro atoms. The van der Waals surface area contributed by atoms with E-state index in [9.17, 15) is 4.39 Å². The number of hydrogen-bond acceptors (Lipinski definition) is 2. The van der Waals surface area contributed by atoms with Gasteiger partial charge in [0, 0.05) is 0 Å². The molecule has 5 N–H and O–H groups in total. The molecule has 0 unspecified atom stereocenters. The van der Waals surface area contributed by atoms with Gasteiger partial charge >= 0.3 is 0 Å². The number of nitrogens with one attached hydrogen (secondary N) is 3. The van der Waals surface area contributed by atoms with E-state index in [1.165, 1.54) is 6.07 Å². The van der Waals surface area contributed by atoms with E-state index < -0.39 is 0 Å². The fourth-order valence-electron chi connectivity index (χ4n) is 1.34. The van der Waals surface area contributed by atoms with Gasteiger partial charge in [-0.05, 0) is 43.3 Å². The van der Waals surface area contributed by atoms with E-state index in [0.717, 1.165) is 11.1 Å². The molecule has 86 valence electrons. The van der Waals surface area contributed by atoms with Gasteiger partial charge in [-0.15, -0.1) is 0 Å². The molecular formula is C10H13FN4S. The largest absolute Gasteiger partial charge is 0.370 e. The summed E-state index contributed by atoms with van der Waals surface area (Å²) in [5.41, 5.74) is 6.97. The molecule has 0 aliphatic carbocycles. The van der Waals surface area contributed by atoms with Gasteiger partial charge in [0.25, 0.3) is 0 Å². The monoisotopic (exact) mass is 240 g/mol. The minimum absolute atomic E-state index is 0.0957. The van der Waals surface area contributed by atoms with Crippen LogP contribution in [0.2, 0.25) is 0 Å². The number of halogens is 1. The first-order valence-electron chi connectivity index (χ1n) is 4.59. The number of aryl methyl sites for hydroxylation is 2. The predicted molar refractivity (Wildman–Crippen MR) is 67.1 cm³/mol. The van der Waals surface area contributed by atoms with Crippen molar-refractivity contribution in [3.63, 3.8) is 0 Å². The van der Waals surface area contributed by atoms with Crippen LogP contribution in [0.15, 0.2) is 12.1 Å². The molecule has 0 bridgehead atoms. The number of nitrogens with two attached hydrogens (primary N) is 1. The Morgan fingerprint density at radius 2 is 2.06 bits per heavy atom. The molecule has 0 atom stereocenters. The summed E-state index contributed by atoms with van der Waals surface area (Å²) in [6.45, 7) is 3.58. The highest BCUT2D eigenvalue weighted by molar-refractivity contribution is 7.80. The predicted octanol–water partition coefficient (Wildman–Crippen LogP) is 1.62. The van der Waals surface area contributed by atoms with Crippen LogP contribution >= 0.6 is 12.2 Å². The van der Waals surface area contributed by atoms with Crippen LogP contribution in [-0.4, -0.2) is 11.1 Å². The van der Waals surface area contributed by atoms with Crippen molar-refractivity contribution >= 4 is 29.0 Å². The maximum Gasteiger partial charge on any atom is 0.192 e. The smallest absolute Gasteiger partial charge is 0.192 e. The Hall–Kier alpha value is -1.69. The summed E-state index contributed by atoms with van der Waals surface area (Å²) in [4.78, 5) is 0. The van der Waals surface area contributed by atoms with Crippen molar-refractivity contribution in [1.29, 1.82) is 5.41 Å². The van der Waals surface area contributed by atoms with E-state index in [0.29, 0.717) is 5.69 Å². The second-order valence-corrected chi connectivity index (χ2v) is 3.84. The average Bonchev–Trinajstić information content (AvgIpc) is 2.09. The minimum Gasteiger partial charge on any atom is -0.370 e. The summed E-state index contributed by atoms with van der Waals surface area (Å²) in [6.07, 6.45) is 0. The molecule has 6 heteroatoms. The third-order valence-corrected chi connectivity index (χ3v) is 2.12. The van der Waals surface area contributed by atoms with Crippen molar-refractivity contribution in [2.24, 2.45) is 5.73 Å². The van der Waals surface area contributed by atoms with Gasteiger partial charge in [0.05, 0.1) is 5.69 Å². The normalized spacial score (nSPS) is 9.69. The molecule has 0 heterocycles. The SMILES string of the molecule is Cc1cc(C)c(NC(=S)NC(=N)N)c(F)c1. The second kappa shape index (κ2) is 4.89. The third kappa shape index (κ3) is 3.16. The van der Waals surface area contributed by atoms with Gasteiger partial charge in [-0.1, -0.05) is 6.07 Å². The summed E-state index contributed by atoms with van der Waals surface area (Å²) in [7, 11) is 0. The third-order valence-electron chi connectivity index (χ3n) is 1.92. The van der Waals surface area contributed by atoms with Crippen molar-refractivity contribution in [1.82, 2.24) is 5.32 Å². The maximum absolute atomic E-state index is 13.6. The number of hydrogen-bond donors (Lipinski definition) is 4.